The maximum atomic E-state index is 12.6. The molecule has 0 spiro atoms. The molecule has 1 aromatic carbocycles. The van der Waals surface area contributed by atoms with Gasteiger partial charge in [0.15, 0.2) is 0 Å². The lowest BCUT2D eigenvalue weighted by Gasteiger charge is -2.22. The Balaban J connectivity index is 2.20. The van der Waals surface area contributed by atoms with E-state index < -0.39 is 18.4 Å². The molecule has 1 aromatic rings. The molecule has 0 aromatic heterocycles. The predicted octanol–water partition coefficient (Wildman–Crippen LogP) is 2.87. The van der Waals surface area contributed by atoms with Crippen molar-refractivity contribution in [2.24, 2.45) is 10.3 Å². The summed E-state index contributed by atoms with van der Waals surface area (Å²) in [5.74, 6) is -3.29. The lowest BCUT2D eigenvalue weighted by molar-refractivity contribution is -0.355. The largest absolute Gasteiger partial charge is 0.458 e. The zero-order valence-electron chi connectivity index (χ0n) is 10.0. The number of oxime groups is 1. The number of alkyl halides is 3. The number of nitrogens with zero attached hydrogens (tertiary/aromatic N) is 4. The third-order valence-corrected chi connectivity index (χ3v) is 2.73. The highest BCUT2D eigenvalue weighted by atomic mass is 19.4. The SMILES string of the molecule is [N-]=[N+]=NCc1cccc(C2=NOC(O)(C(F)(F)F)C2)c1. The van der Waals surface area contributed by atoms with Gasteiger partial charge < -0.3 is 9.94 Å². The monoisotopic (exact) mass is 286 g/mol. The molecule has 0 saturated heterocycles. The summed E-state index contributed by atoms with van der Waals surface area (Å²) in [5.41, 5.74) is 9.19. The second-order valence-electron chi connectivity index (χ2n) is 4.18. The molecule has 1 unspecified atom stereocenters. The van der Waals surface area contributed by atoms with Gasteiger partial charge in [-0.15, -0.1) is 0 Å². The first-order valence-electron chi connectivity index (χ1n) is 5.50. The van der Waals surface area contributed by atoms with Crippen molar-refractivity contribution in [1.29, 1.82) is 0 Å². The van der Waals surface area contributed by atoms with Gasteiger partial charge >= 0.3 is 12.0 Å². The minimum absolute atomic E-state index is 0.0207. The van der Waals surface area contributed by atoms with E-state index in [0.717, 1.165) is 0 Å². The summed E-state index contributed by atoms with van der Waals surface area (Å²) < 4.78 is 37.7. The van der Waals surface area contributed by atoms with Gasteiger partial charge in [0.2, 0.25) is 0 Å². The van der Waals surface area contributed by atoms with E-state index in [-0.39, 0.29) is 12.3 Å². The van der Waals surface area contributed by atoms with Crippen LogP contribution in [0.5, 0.6) is 0 Å². The molecule has 0 fully saturated rings. The van der Waals surface area contributed by atoms with Crippen LogP contribution in [0.1, 0.15) is 17.5 Å². The Morgan fingerprint density at radius 2 is 2.25 bits per heavy atom. The third-order valence-electron chi connectivity index (χ3n) is 2.73. The van der Waals surface area contributed by atoms with Crippen LogP contribution in [0.4, 0.5) is 13.2 Å². The Morgan fingerprint density at radius 1 is 1.50 bits per heavy atom. The normalized spacial score (nSPS) is 21.9. The highest BCUT2D eigenvalue weighted by Gasteiger charge is 2.60. The molecule has 1 N–H and O–H groups in total. The molecule has 0 aliphatic carbocycles. The third kappa shape index (κ3) is 2.68. The van der Waals surface area contributed by atoms with E-state index >= 15 is 0 Å². The van der Waals surface area contributed by atoms with Gasteiger partial charge in [-0.25, -0.2) is 0 Å². The Morgan fingerprint density at radius 3 is 2.85 bits per heavy atom. The summed E-state index contributed by atoms with van der Waals surface area (Å²) in [6, 6.07) is 6.30. The van der Waals surface area contributed by atoms with Crippen LogP contribution in [0.15, 0.2) is 34.5 Å². The van der Waals surface area contributed by atoms with Crippen LogP contribution in [0.25, 0.3) is 10.4 Å². The molecule has 1 atom stereocenters. The number of hydrogen-bond donors (Lipinski definition) is 1. The van der Waals surface area contributed by atoms with Gasteiger partial charge in [0.05, 0.1) is 18.7 Å². The van der Waals surface area contributed by atoms with Crippen molar-refractivity contribution in [2.75, 3.05) is 0 Å². The van der Waals surface area contributed by atoms with E-state index in [4.69, 9.17) is 5.53 Å². The summed E-state index contributed by atoms with van der Waals surface area (Å²) in [6.07, 6.45) is -5.72. The number of rotatable bonds is 3. The minimum Gasteiger partial charge on any atom is -0.350 e. The Hall–Kier alpha value is -2.25. The van der Waals surface area contributed by atoms with Gasteiger partial charge in [-0.3, -0.25) is 0 Å². The molecule has 1 aliphatic heterocycles. The van der Waals surface area contributed by atoms with Crippen LogP contribution < -0.4 is 0 Å². The number of benzene rings is 1. The molecule has 2 rings (SSSR count). The summed E-state index contributed by atoms with van der Waals surface area (Å²) in [6.45, 7) is 0.0714. The molecule has 0 radical (unpaired) electrons. The van der Waals surface area contributed by atoms with Gasteiger partial charge in [-0.2, -0.15) is 13.2 Å². The standard InChI is InChI=1S/C11H9F3N4O2/c12-11(13,14)10(19)5-9(17-20-10)8-3-1-2-7(4-8)6-16-18-15/h1-4,19H,5-6H2. The van der Waals surface area contributed by atoms with Crippen molar-refractivity contribution in [3.8, 4) is 0 Å². The second kappa shape index (κ2) is 5.03. The number of halogens is 3. The number of aliphatic hydroxyl groups is 1. The molecule has 106 valence electrons. The highest BCUT2D eigenvalue weighted by molar-refractivity contribution is 6.01. The Kier molecular flexibility index (Phi) is 3.56. The summed E-state index contributed by atoms with van der Waals surface area (Å²) >= 11 is 0. The van der Waals surface area contributed by atoms with Crippen LogP contribution in [-0.2, 0) is 11.4 Å². The van der Waals surface area contributed by atoms with E-state index in [1.54, 1.807) is 12.1 Å². The molecule has 20 heavy (non-hydrogen) atoms. The zero-order valence-corrected chi connectivity index (χ0v) is 10.0. The lowest BCUT2D eigenvalue weighted by Crippen LogP contribution is -2.45. The molecule has 0 saturated carbocycles. The van der Waals surface area contributed by atoms with E-state index in [1.165, 1.54) is 12.1 Å². The molecule has 6 nitrogen and oxygen atoms in total. The Labute approximate surface area is 111 Å². The number of hydrogen-bond acceptors (Lipinski definition) is 4. The summed E-state index contributed by atoms with van der Waals surface area (Å²) in [7, 11) is 0. The molecule has 0 bridgehead atoms. The first-order chi connectivity index (χ1) is 9.36. The highest BCUT2D eigenvalue weighted by Crippen LogP contribution is 2.38. The van der Waals surface area contributed by atoms with Crippen LogP contribution >= 0.6 is 0 Å². The van der Waals surface area contributed by atoms with Crippen molar-refractivity contribution in [2.45, 2.75) is 24.9 Å². The summed E-state index contributed by atoms with van der Waals surface area (Å²) in [5, 5.41) is 16.0. The quantitative estimate of drug-likeness (QED) is 0.525. The van der Waals surface area contributed by atoms with Crippen molar-refractivity contribution < 1.29 is 23.1 Å². The number of azide groups is 1. The fourth-order valence-corrected chi connectivity index (χ4v) is 1.69. The predicted molar refractivity (Wildman–Crippen MR) is 62.5 cm³/mol. The molecular formula is C11H9F3N4O2. The van der Waals surface area contributed by atoms with Gasteiger partial charge in [0, 0.05) is 4.91 Å². The topological polar surface area (TPSA) is 90.6 Å². The minimum atomic E-state index is -4.93. The summed E-state index contributed by atoms with van der Waals surface area (Å²) in [4.78, 5) is 6.72. The van der Waals surface area contributed by atoms with E-state index in [9.17, 15) is 18.3 Å². The second-order valence-corrected chi connectivity index (χ2v) is 4.18. The first-order valence-corrected chi connectivity index (χ1v) is 5.50. The van der Waals surface area contributed by atoms with Crippen LogP contribution in [-0.4, -0.2) is 22.8 Å². The van der Waals surface area contributed by atoms with Crippen LogP contribution in [0.2, 0.25) is 0 Å². The zero-order chi connectivity index (χ0) is 14.8. The fraction of sp³-hybridized carbons (Fsp3) is 0.364. The molecule has 9 heteroatoms. The Bertz CT molecular complexity index is 596. The van der Waals surface area contributed by atoms with E-state index in [2.05, 4.69) is 20.0 Å². The van der Waals surface area contributed by atoms with Crippen molar-refractivity contribution in [3.05, 3.63) is 45.8 Å². The van der Waals surface area contributed by atoms with Gasteiger partial charge in [0.25, 0.3) is 0 Å². The average Bonchev–Trinajstić information content (AvgIpc) is 2.80. The average molecular weight is 286 g/mol. The van der Waals surface area contributed by atoms with E-state index in [0.29, 0.717) is 11.1 Å². The molecule has 0 amide bonds. The lowest BCUT2D eigenvalue weighted by atomic mass is 10.0. The van der Waals surface area contributed by atoms with Crippen molar-refractivity contribution >= 4 is 5.71 Å². The molecular weight excluding hydrogens is 277 g/mol. The maximum absolute atomic E-state index is 12.6. The van der Waals surface area contributed by atoms with Crippen LogP contribution in [0.3, 0.4) is 0 Å². The van der Waals surface area contributed by atoms with Crippen molar-refractivity contribution in [3.63, 3.8) is 0 Å². The molecule has 1 aliphatic rings. The smallest absolute Gasteiger partial charge is 0.350 e. The fourth-order valence-electron chi connectivity index (χ4n) is 1.69. The first kappa shape index (κ1) is 14.2. The van der Waals surface area contributed by atoms with Gasteiger partial charge in [0.1, 0.15) is 0 Å². The van der Waals surface area contributed by atoms with Gasteiger partial charge in [-0.05, 0) is 22.7 Å². The molecule has 1 heterocycles. The van der Waals surface area contributed by atoms with Gasteiger partial charge in [-0.1, -0.05) is 28.5 Å². The van der Waals surface area contributed by atoms with E-state index in [1.807, 2.05) is 0 Å². The van der Waals surface area contributed by atoms with Crippen LogP contribution in [0, 0.1) is 0 Å². The van der Waals surface area contributed by atoms with Crippen molar-refractivity contribution in [1.82, 2.24) is 0 Å². The maximum Gasteiger partial charge on any atom is 0.458 e.